The molecule has 4 nitrogen and oxygen atoms in total. The molecule has 0 aliphatic heterocycles. The molecule has 0 aromatic heterocycles. The molecular formula is C9H9ClN2O2. The standard InChI is InChI=1S/C9H9ClN2O2/c1-2-14-9(13)12-11-8-5-3-7(10)4-6-8/h3-6H,2H2,1H3. The van der Waals surface area contributed by atoms with Crippen molar-refractivity contribution in [2.24, 2.45) is 10.2 Å². The number of carbonyl (C=O) groups is 1. The highest BCUT2D eigenvalue weighted by Crippen LogP contribution is 2.16. The van der Waals surface area contributed by atoms with Gasteiger partial charge in [0, 0.05) is 5.02 Å². The van der Waals surface area contributed by atoms with Crippen LogP contribution in [0.15, 0.2) is 34.5 Å². The monoisotopic (exact) mass is 212 g/mol. The first-order valence-electron chi connectivity index (χ1n) is 4.06. The lowest BCUT2D eigenvalue weighted by molar-refractivity contribution is 0.162. The minimum atomic E-state index is -0.692. The average molecular weight is 213 g/mol. The fourth-order valence-corrected chi connectivity index (χ4v) is 0.885. The summed E-state index contributed by atoms with van der Waals surface area (Å²) in [7, 11) is 0. The summed E-state index contributed by atoms with van der Waals surface area (Å²) in [6.07, 6.45) is -0.692. The Morgan fingerprint density at radius 1 is 1.43 bits per heavy atom. The molecule has 0 aliphatic carbocycles. The molecule has 0 heterocycles. The molecule has 0 atom stereocenters. The molecule has 0 radical (unpaired) electrons. The van der Waals surface area contributed by atoms with E-state index < -0.39 is 6.09 Å². The lowest BCUT2D eigenvalue weighted by Crippen LogP contribution is -1.95. The predicted molar refractivity (Wildman–Crippen MR) is 53.0 cm³/mol. The number of ether oxygens (including phenoxy) is 1. The first-order chi connectivity index (χ1) is 6.72. The minimum absolute atomic E-state index is 0.290. The number of benzene rings is 1. The molecule has 0 saturated carbocycles. The number of halogens is 1. The number of hydrogen-bond acceptors (Lipinski definition) is 3. The molecule has 0 saturated heterocycles. The zero-order chi connectivity index (χ0) is 10.4. The lowest BCUT2D eigenvalue weighted by atomic mass is 10.3. The highest BCUT2D eigenvalue weighted by atomic mass is 35.5. The van der Waals surface area contributed by atoms with Gasteiger partial charge in [-0.3, -0.25) is 0 Å². The third-order valence-corrected chi connectivity index (χ3v) is 1.59. The van der Waals surface area contributed by atoms with Crippen molar-refractivity contribution in [1.29, 1.82) is 0 Å². The zero-order valence-electron chi connectivity index (χ0n) is 7.61. The van der Waals surface area contributed by atoms with Crippen LogP contribution in [0.1, 0.15) is 6.92 Å². The summed E-state index contributed by atoms with van der Waals surface area (Å²) in [6.45, 7) is 1.99. The van der Waals surface area contributed by atoms with Crippen LogP contribution in [0.25, 0.3) is 0 Å². The fraction of sp³-hybridized carbons (Fsp3) is 0.222. The fourth-order valence-electron chi connectivity index (χ4n) is 0.759. The number of azo groups is 1. The Kier molecular flexibility index (Phi) is 4.07. The number of nitrogens with zero attached hydrogens (tertiary/aromatic N) is 2. The van der Waals surface area contributed by atoms with Gasteiger partial charge in [-0.05, 0) is 31.2 Å². The highest BCUT2D eigenvalue weighted by Gasteiger charge is 1.96. The smallest absolute Gasteiger partial charge is 0.447 e. The van der Waals surface area contributed by atoms with Crippen molar-refractivity contribution < 1.29 is 9.53 Å². The van der Waals surface area contributed by atoms with Crippen molar-refractivity contribution in [1.82, 2.24) is 0 Å². The van der Waals surface area contributed by atoms with Gasteiger partial charge in [0.05, 0.1) is 12.3 Å². The maximum atomic E-state index is 10.8. The van der Waals surface area contributed by atoms with Crippen LogP contribution in [0.2, 0.25) is 5.02 Å². The second-order valence-electron chi connectivity index (χ2n) is 2.38. The Bertz CT molecular complexity index is 335. The molecule has 0 N–H and O–H groups in total. The van der Waals surface area contributed by atoms with Crippen LogP contribution < -0.4 is 0 Å². The van der Waals surface area contributed by atoms with Gasteiger partial charge < -0.3 is 4.74 Å². The average Bonchev–Trinajstić information content (AvgIpc) is 2.17. The van der Waals surface area contributed by atoms with Gasteiger partial charge in [0.1, 0.15) is 0 Å². The summed E-state index contributed by atoms with van der Waals surface area (Å²) in [5.41, 5.74) is 0.558. The van der Waals surface area contributed by atoms with Crippen molar-refractivity contribution in [2.75, 3.05) is 6.61 Å². The van der Waals surface area contributed by atoms with Crippen LogP contribution in [0, 0.1) is 0 Å². The lowest BCUT2D eigenvalue weighted by Gasteiger charge is -1.93. The summed E-state index contributed by atoms with van der Waals surface area (Å²) < 4.78 is 4.56. The van der Waals surface area contributed by atoms with Crippen molar-refractivity contribution in [3.63, 3.8) is 0 Å². The molecule has 0 unspecified atom stereocenters. The number of carbonyl (C=O) groups excluding carboxylic acids is 1. The van der Waals surface area contributed by atoms with E-state index in [1.165, 1.54) is 0 Å². The van der Waals surface area contributed by atoms with E-state index in [0.29, 0.717) is 17.3 Å². The summed E-state index contributed by atoms with van der Waals surface area (Å²) in [5.74, 6) is 0. The molecule has 0 aliphatic rings. The quantitative estimate of drug-likeness (QED) is 0.704. The van der Waals surface area contributed by atoms with Gasteiger partial charge in [0.15, 0.2) is 0 Å². The highest BCUT2D eigenvalue weighted by molar-refractivity contribution is 6.30. The summed E-state index contributed by atoms with van der Waals surface area (Å²) >= 11 is 5.66. The van der Waals surface area contributed by atoms with Crippen LogP contribution in [0.5, 0.6) is 0 Å². The van der Waals surface area contributed by atoms with Crippen LogP contribution in [0.4, 0.5) is 10.5 Å². The molecule has 0 spiro atoms. The van der Waals surface area contributed by atoms with Crippen LogP contribution in [0.3, 0.4) is 0 Å². The Morgan fingerprint density at radius 3 is 2.64 bits per heavy atom. The molecule has 1 aromatic rings. The molecule has 1 aromatic carbocycles. The maximum Gasteiger partial charge on any atom is 0.452 e. The van der Waals surface area contributed by atoms with Crippen molar-refractivity contribution in [3.8, 4) is 0 Å². The largest absolute Gasteiger partial charge is 0.452 e. The van der Waals surface area contributed by atoms with Gasteiger partial charge in [-0.2, -0.15) is 0 Å². The van der Waals surface area contributed by atoms with Gasteiger partial charge in [0.2, 0.25) is 0 Å². The van der Waals surface area contributed by atoms with Crippen molar-refractivity contribution >= 4 is 23.4 Å². The topological polar surface area (TPSA) is 51.0 Å². The van der Waals surface area contributed by atoms with E-state index in [1.54, 1.807) is 31.2 Å². The molecule has 1 rings (SSSR count). The zero-order valence-corrected chi connectivity index (χ0v) is 8.36. The van der Waals surface area contributed by atoms with E-state index in [9.17, 15) is 4.79 Å². The number of hydrogen-bond donors (Lipinski definition) is 0. The van der Waals surface area contributed by atoms with E-state index in [0.717, 1.165) is 0 Å². The maximum absolute atomic E-state index is 10.8. The van der Waals surface area contributed by atoms with Gasteiger partial charge in [-0.1, -0.05) is 16.7 Å². The first-order valence-corrected chi connectivity index (χ1v) is 4.44. The van der Waals surface area contributed by atoms with Gasteiger partial charge in [-0.25, -0.2) is 4.79 Å². The van der Waals surface area contributed by atoms with Crippen molar-refractivity contribution in [2.45, 2.75) is 6.92 Å². The van der Waals surface area contributed by atoms with E-state index in [-0.39, 0.29) is 0 Å². The van der Waals surface area contributed by atoms with Crippen LogP contribution >= 0.6 is 11.6 Å². The van der Waals surface area contributed by atoms with Crippen molar-refractivity contribution in [3.05, 3.63) is 29.3 Å². The summed E-state index contributed by atoms with van der Waals surface area (Å²) in [4.78, 5) is 10.8. The Balaban J connectivity index is 2.60. The minimum Gasteiger partial charge on any atom is -0.447 e. The molecule has 14 heavy (non-hydrogen) atoms. The van der Waals surface area contributed by atoms with E-state index in [1.807, 2.05) is 0 Å². The molecule has 1 amide bonds. The molecule has 74 valence electrons. The Morgan fingerprint density at radius 2 is 2.07 bits per heavy atom. The Labute approximate surface area is 86.6 Å². The predicted octanol–water partition coefficient (Wildman–Crippen LogP) is 3.58. The van der Waals surface area contributed by atoms with E-state index in [4.69, 9.17) is 11.6 Å². The second-order valence-corrected chi connectivity index (χ2v) is 2.81. The third-order valence-electron chi connectivity index (χ3n) is 1.34. The van der Waals surface area contributed by atoms with E-state index in [2.05, 4.69) is 15.0 Å². The summed E-state index contributed by atoms with van der Waals surface area (Å²) in [6, 6.07) is 6.65. The molecular weight excluding hydrogens is 204 g/mol. The third kappa shape index (κ3) is 3.53. The normalized spacial score (nSPS) is 10.4. The summed E-state index contributed by atoms with van der Waals surface area (Å²) in [5, 5.41) is 7.60. The molecule has 0 fully saturated rings. The van der Waals surface area contributed by atoms with Gasteiger partial charge in [-0.15, -0.1) is 5.11 Å². The second kappa shape index (κ2) is 5.34. The van der Waals surface area contributed by atoms with Gasteiger partial charge >= 0.3 is 6.09 Å². The Hall–Kier alpha value is -1.42. The number of amides is 1. The number of rotatable bonds is 2. The molecule has 5 heteroatoms. The van der Waals surface area contributed by atoms with Crippen LogP contribution in [-0.2, 0) is 4.74 Å². The SMILES string of the molecule is CCOC(=O)N=Nc1ccc(Cl)cc1. The van der Waals surface area contributed by atoms with E-state index >= 15 is 0 Å². The first kappa shape index (κ1) is 10.7. The van der Waals surface area contributed by atoms with Gasteiger partial charge in [0.25, 0.3) is 0 Å². The van der Waals surface area contributed by atoms with Crippen LogP contribution in [-0.4, -0.2) is 12.7 Å². The molecule has 0 bridgehead atoms.